The van der Waals surface area contributed by atoms with E-state index in [1.165, 1.54) is 4.57 Å². The minimum atomic E-state index is -1.02. The molecule has 104 valence electrons. The fraction of sp³-hybridized carbons (Fsp3) is 0.200. The summed E-state index contributed by atoms with van der Waals surface area (Å²) in [5, 5.41) is 8.78. The van der Waals surface area contributed by atoms with Crippen LogP contribution in [0.15, 0.2) is 41.2 Å². The van der Waals surface area contributed by atoms with Gasteiger partial charge in [-0.15, -0.1) is 0 Å². The molecule has 0 aliphatic carbocycles. The molecular weight excluding hydrogens is 258 g/mol. The van der Waals surface area contributed by atoms with Gasteiger partial charge >= 0.3 is 5.97 Å². The van der Waals surface area contributed by atoms with E-state index in [0.29, 0.717) is 11.4 Å². The monoisotopic (exact) mass is 273 g/mol. The number of rotatable bonds is 4. The van der Waals surface area contributed by atoms with Gasteiger partial charge in [-0.1, -0.05) is 18.2 Å². The molecule has 0 aliphatic heterocycles. The van der Waals surface area contributed by atoms with E-state index in [1.54, 1.807) is 26.3 Å². The molecule has 1 aromatic carbocycles. The van der Waals surface area contributed by atoms with Gasteiger partial charge in [0.2, 0.25) is 0 Å². The van der Waals surface area contributed by atoms with Crippen molar-refractivity contribution in [3.05, 3.63) is 52.3 Å². The van der Waals surface area contributed by atoms with Crippen LogP contribution in [0.1, 0.15) is 5.56 Å². The lowest BCUT2D eigenvalue weighted by Crippen LogP contribution is -2.24. The summed E-state index contributed by atoms with van der Waals surface area (Å²) in [6.07, 6.45) is -0.279. The Balaban J connectivity index is 2.57. The predicted octanol–water partition coefficient (Wildman–Crippen LogP) is 1.69. The molecule has 0 atom stereocenters. The van der Waals surface area contributed by atoms with Gasteiger partial charge in [0.1, 0.15) is 5.75 Å². The quantitative estimate of drug-likeness (QED) is 0.920. The van der Waals surface area contributed by atoms with Gasteiger partial charge in [0.25, 0.3) is 5.56 Å². The van der Waals surface area contributed by atoms with Crippen molar-refractivity contribution in [2.24, 2.45) is 7.05 Å². The molecule has 1 heterocycles. The number of para-hydroxylation sites is 1. The lowest BCUT2D eigenvalue weighted by atomic mass is 10.1. The van der Waals surface area contributed by atoms with Crippen LogP contribution in [0.25, 0.3) is 11.3 Å². The average Bonchev–Trinajstić information content (AvgIpc) is 2.44. The first-order valence-corrected chi connectivity index (χ1v) is 6.08. The first-order valence-electron chi connectivity index (χ1n) is 6.08. The summed E-state index contributed by atoms with van der Waals surface area (Å²) < 4.78 is 6.72. The van der Waals surface area contributed by atoms with Gasteiger partial charge in [0, 0.05) is 18.2 Å². The number of hydrogen-bond acceptors (Lipinski definition) is 3. The smallest absolute Gasteiger partial charge is 0.308 e. The van der Waals surface area contributed by atoms with E-state index >= 15 is 0 Å². The summed E-state index contributed by atoms with van der Waals surface area (Å²) >= 11 is 0. The second-order valence-corrected chi connectivity index (χ2v) is 4.38. The summed E-state index contributed by atoms with van der Waals surface area (Å²) in [4.78, 5) is 22.9. The van der Waals surface area contributed by atoms with Crippen molar-refractivity contribution in [1.29, 1.82) is 0 Å². The van der Waals surface area contributed by atoms with Crippen LogP contribution < -0.4 is 10.3 Å². The number of carbonyl (C=O) groups is 1. The Hall–Kier alpha value is -2.56. The molecule has 5 nitrogen and oxygen atoms in total. The molecule has 0 saturated heterocycles. The number of ether oxygens (including phenoxy) is 1. The fourth-order valence-corrected chi connectivity index (χ4v) is 2.11. The first kappa shape index (κ1) is 13.9. The van der Waals surface area contributed by atoms with E-state index in [-0.39, 0.29) is 17.5 Å². The fourth-order valence-electron chi connectivity index (χ4n) is 2.11. The lowest BCUT2D eigenvalue weighted by molar-refractivity contribution is -0.136. The number of aliphatic carboxylic acids is 1. The molecule has 20 heavy (non-hydrogen) atoms. The molecule has 5 heteroatoms. The van der Waals surface area contributed by atoms with Crippen LogP contribution in [0.2, 0.25) is 0 Å². The van der Waals surface area contributed by atoms with E-state index in [2.05, 4.69) is 0 Å². The Labute approximate surface area is 116 Å². The van der Waals surface area contributed by atoms with Crippen molar-refractivity contribution in [3.8, 4) is 17.0 Å². The highest BCUT2D eigenvalue weighted by Gasteiger charge is 2.12. The molecule has 1 N–H and O–H groups in total. The third kappa shape index (κ3) is 2.56. The largest absolute Gasteiger partial charge is 0.496 e. The molecule has 0 spiro atoms. The number of nitrogens with zero attached hydrogens (tertiary/aromatic N) is 1. The first-order chi connectivity index (χ1) is 9.54. The summed E-state index contributed by atoms with van der Waals surface area (Å²) in [5.41, 5.74) is 1.42. The van der Waals surface area contributed by atoms with Crippen molar-refractivity contribution in [1.82, 2.24) is 4.57 Å². The third-order valence-corrected chi connectivity index (χ3v) is 3.11. The topological polar surface area (TPSA) is 68.5 Å². The van der Waals surface area contributed by atoms with Crippen molar-refractivity contribution < 1.29 is 14.6 Å². The SMILES string of the molecule is COc1ccccc1-c1ccc(CC(=O)O)c(=O)n1C. The molecule has 2 rings (SSSR count). The molecule has 0 fully saturated rings. The van der Waals surface area contributed by atoms with Gasteiger partial charge in [-0.05, 0) is 18.2 Å². The Morgan fingerprint density at radius 1 is 1.25 bits per heavy atom. The molecule has 0 bridgehead atoms. The lowest BCUT2D eigenvalue weighted by Gasteiger charge is -2.13. The van der Waals surface area contributed by atoms with E-state index in [0.717, 1.165) is 5.56 Å². The van der Waals surface area contributed by atoms with E-state index in [9.17, 15) is 9.59 Å². The average molecular weight is 273 g/mol. The summed E-state index contributed by atoms with van der Waals surface area (Å²) in [6.45, 7) is 0. The third-order valence-electron chi connectivity index (χ3n) is 3.11. The van der Waals surface area contributed by atoms with Crippen molar-refractivity contribution in [2.45, 2.75) is 6.42 Å². The van der Waals surface area contributed by atoms with Gasteiger partial charge in [-0.3, -0.25) is 9.59 Å². The highest BCUT2D eigenvalue weighted by Crippen LogP contribution is 2.28. The second kappa shape index (κ2) is 5.61. The van der Waals surface area contributed by atoms with Crippen LogP contribution in [0.4, 0.5) is 0 Å². The second-order valence-electron chi connectivity index (χ2n) is 4.38. The predicted molar refractivity (Wildman–Crippen MR) is 75.0 cm³/mol. The number of methoxy groups -OCH3 is 1. The summed E-state index contributed by atoms with van der Waals surface area (Å²) in [7, 11) is 3.19. The van der Waals surface area contributed by atoms with Crippen molar-refractivity contribution >= 4 is 5.97 Å². The van der Waals surface area contributed by atoms with Crippen LogP contribution in [0.5, 0.6) is 5.75 Å². The Bertz CT molecular complexity index is 703. The van der Waals surface area contributed by atoms with Crippen molar-refractivity contribution in [3.63, 3.8) is 0 Å². The van der Waals surface area contributed by atoms with Gasteiger partial charge in [-0.25, -0.2) is 0 Å². The van der Waals surface area contributed by atoms with Crippen molar-refractivity contribution in [2.75, 3.05) is 7.11 Å². The van der Waals surface area contributed by atoms with Crippen LogP contribution in [0.3, 0.4) is 0 Å². The molecule has 0 unspecified atom stereocenters. The maximum absolute atomic E-state index is 12.2. The van der Waals surface area contributed by atoms with Crippen LogP contribution >= 0.6 is 0 Å². The molecule has 0 radical (unpaired) electrons. The van der Waals surface area contributed by atoms with Crippen LogP contribution in [-0.4, -0.2) is 22.8 Å². The zero-order chi connectivity index (χ0) is 14.7. The standard InChI is InChI=1S/C15H15NO4/c1-16-12(11-5-3-4-6-13(11)20-2)8-7-10(15(16)19)9-14(17)18/h3-8H,9H2,1-2H3,(H,17,18). The molecule has 1 aromatic heterocycles. The Morgan fingerprint density at radius 3 is 2.60 bits per heavy atom. The Kier molecular flexibility index (Phi) is 3.89. The maximum Gasteiger partial charge on any atom is 0.308 e. The van der Waals surface area contributed by atoms with E-state index in [4.69, 9.17) is 9.84 Å². The number of carboxylic acid groups (broad SMARTS) is 1. The Morgan fingerprint density at radius 2 is 1.95 bits per heavy atom. The van der Waals surface area contributed by atoms with E-state index in [1.807, 2.05) is 24.3 Å². The number of aromatic nitrogens is 1. The molecule has 2 aromatic rings. The zero-order valence-electron chi connectivity index (χ0n) is 11.3. The van der Waals surface area contributed by atoms with Gasteiger partial charge in [0.15, 0.2) is 0 Å². The minimum absolute atomic E-state index is 0.263. The van der Waals surface area contributed by atoms with Gasteiger partial charge in [0.05, 0.1) is 19.2 Å². The number of benzene rings is 1. The maximum atomic E-state index is 12.2. The number of pyridine rings is 1. The van der Waals surface area contributed by atoms with Gasteiger partial charge in [-0.2, -0.15) is 0 Å². The summed E-state index contributed by atoms with van der Waals surface area (Å²) in [6, 6.07) is 10.7. The molecule has 0 aliphatic rings. The van der Waals surface area contributed by atoms with Crippen LogP contribution in [-0.2, 0) is 18.3 Å². The highest BCUT2D eigenvalue weighted by molar-refractivity contribution is 5.71. The zero-order valence-corrected chi connectivity index (χ0v) is 11.3. The summed E-state index contributed by atoms with van der Waals surface area (Å²) in [5.74, 6) is -0.361. The number of hydrogen-bond donors (Lipinski definition) is 1. The molecule has 0 amide bonds. The molecule has 0 saturated carbocycles. The normalized spacial score (nSPS) is 10.3. The molecular formula is C15H15NO4. The number of carboxylic acids is 1. The van der Waals surface area contributed by atoms with E-state index < -0.39 is 5.97 Å². The van der Waals surface area contributed by atoms with Crippen LogP contribution in [0, 0.1) is 0 Å². The minimum Gasteiger partial charge on any atom is -0.496 e. The van der Waals surface area contributed by atoms with Gasteiger partial charge < -0.3 is 14.4 Å². The highest BCUT2D eigenvalue weighted by atomic mass is 16.5.